The van der Waals surface area contributed by atoms with Crippen molar-refractivity contribution in [1.82, 2.24) is 5.32 Å². The molecule has 0 radical (unpaired) electrons. The van der Waals surface area contributed by atoms with Crippen LogP contribution in [0.1, 0.15) is 37.0 Å². The van der Waals surface area contributed by atoms with Crippen LogP contribution in [0.5, 0.6) is 11.5 Å². The molecule has 4 heteroatoms. The molecule has 0 saturated heterocycles. The smallest absolute Gasteiger partial charge is 0.251 e. The first-order valence-electron chi connectivity index (χ1n) is 7.01. The van der Waals surface area contributed by atoms with Crippen molar-refractivity contribution >= 4 is 5.91 Å². The highest BCUT2D eigenvalue weighted by molar-refractivity contribution is 5.94. The maximum Gasteiger partial charge on any atom is 0.251 e. The van der Waals surface area contributed by atoms with Crippen molar-refractivity contribution in [3.8, 4) is 11.5 Å². The Morgan fingerprint density at radius 1 is 1.20 bits per heavy atom. The summed E-state index contributed by atoms with van der Waals surface area (Å²) in [7, 11) is 0. The number of ether oxygens (including phenoxy) is 2. The second-order valence-electron chi connectivity index (χ2n) is 4.36. The van der Waals surface area contributed by atoms with E-state index in [2.05, 4.69) is 11.9 Å². The van der Waals surface area contributed by atoms with Gasteiger partial charge in [0.15, 0.2) is 11.5 Å². The van der Waals surface area contributed by atoms with Gasteiger partial charge in [0.1, 0.15) is 0 Å². The first-order chi connectivity index (χ1) is 9.72. The van der Waals surface area contributed by atoms with Gasteiger partial charge in [-0.05, 0) is 31.0 Å². The lowest BCUT2D eigenvalue weighted by Gasteiger charge is -2.13. The summed E-state index contributed by atoms with van der Waals surface area (Å²) in [5.74, 6) is 1.15. The Morgan fingerprint density at radius 2 is 1.85 bits per heavy atom. The van der Waals surface area contributed by atoms with Gasteiger partial charge >= 0.3 is 0 Å². The van der Waals surface area contributed by atoms with E-state index in [-0.39, 0.29) is 5.91 Å². The molecule has 0 atom stereocenters. The van der Waals surface area contributed by atoms with Gasteiger partial charge in [0.2, 0.25) is 0 Å². The van der Waals surface area contributed by atoms with Crippen molar-refractivity contribution in [1.29, 1.82) is 0 Å². The third kappa shape index (κ3) is 4.96. The topological polar surface area (TPSA) is 47.6 Å². The lowest BCUT2D eigenvalue weighted by atomic mass is 10.2. The maximum absolute atomic E-state index is 11.9. The van der Waals surface area contributed by atoms with Crippen molar-refractivity contribution in [3.05, 3.63) is 36.4 Å². The molecule has 0 heterocycles. The second kappa shape index (κ2) is 9.02. The fraction of sp³-hybridized carbons (Fsp3) is 0.438. The quantitative estimate of drug-likeness (QED) is 0.705. The van der Waals surface area contributed by atoms with Gasteiger partial charge < -0.3 is 14.8 Å². The van der Waals surface area contributed by atoms with E-state index < -0.39 is 0 Å². The van der Waals surface area contributed by atoms with Gasteiger partial charge in [-0.3, -0.25) is 4.79 Å². The van der Waals surface area contributed by atoms with Gasteiger partial charge in [-0.1, -0.05) is 19.9 Å². The number of benzene rings is 1. The van der Waals surface area contributed by atoms with Gasteiger partial charge in [0, 0.05) is 12.1 Å². The van der Waals surface area contributed by atoms with Crippen LogP contribution in [0.4, 0.5) is 0 Å². The highest BCUT2D eigenvalue weighted by Gasteiger charge is 2.11. The van der Waals surface area contributed by atoms with Gasteiger partial charge in [-0.25, -0.2) is 0 Å². The first kappa shape index (κ1) is 16.1. The molecular weight excluding hydrogens is 254 g/mol. The largest absolute Gasteiger partial charge is 0.490 e. The fourth-order valence-corrected chi connectivity index (χ4v) is 1.57. The lowest BCUT2D eigenvalue weighted by Crippen LogP contribution is -2.23. The minimum atomic E-state index is -0.145. The summed E-state index contributed by atoms with van der Waals surface area (Å²) in [4.78, 5) is 11.9. The molecule has 0 spiro atoms. The van der Waals surface area contributed by atoms with Crippen LogP contribution >= 0.6 is 0 Å². The molecule has 0 fully saturated rings. The summed E-state index contributed by atoms with van der Waals surface area (Å²) in [6.07, 6.45) is 3.47. The summed E-state index contributed by atoms with van der Waals surface area (Å²) < 4.78 is 11.3. The van der Waals surface area contributed by atoms with Crippen LogP contribution in [-0.2, 0) is 0 Å². The summed E-state index contributed by atoms with van der Waals surface area (Å²) in [5.41, 5.74) is 0.557. The number of carbonyl (C=O) groups excluding carboxylic acids is 1. The Balaban J connectivity index is 2.87. The monoisotopic (exact) mass is 277 g/mol. The molecule has 0 aliphatic heterocycles. The van der Waals surface area contributed by atoms with Crippen LogP contribution in [0.25, 0.3) is 0 Å². The van der Waals surface area contributed by atoms with Crippen LogP contribution < -0.4 is 14.8 Å². The van der Waals surface area contributed by atoms with Crippen LogP contribution in [0.15, 0.2) is 30.9 Å². The van der Waals surface area contributed by atoms with E-state index in [1.807, 2.05) is 13.8 Å². The zero-order valence-electron chi connectivity index (χ0n) is 12.3. The number of nitrogens with one attached hydrogen (secondary N) is 1. The van der Waals surface area contributed by atoms with Gasteiger partial charge in [-0.2, -0.15) is 0 Å². The predicted molar refractivity (Wildman–Crippen MR) is 80.5 cm³/mol. The summed E-state index contributed by atoms with van der Waals surface area (Å²) in [6.45, 7) is 9.32. The van der Waals surface area contributed by atoms with Crippen molar-refractivity contribution in [2.45, 2.75) is 26.7 Å². The summed E-state index contributed by atoms with van der Waals surface area (Å²) in [5, 5.41) is 2.74. The van der Waals surface area contributed by atoms with Gasteiger partial charge in [0.05, 0.1) is 13.2 Å². The summed E-state index contributed by atoms with van der Waals surface area (Å²) in [6, 6.07) is 5.24. The number of carbonyl (C=O) groups is 1. The number of rotatable bonds is 9. The molecule has 0 unspecified atom stereocenters. The molecule has 20 heavy (non-hydrogen) atoms. The number of hydrogen-bond donors (Lipinski definition) is 1. The zero-order chi connectivity index (χ0) is 14.8. The van der Waals surface area contributed by atoms with Crippen molar-refractivity contribution in [2.75, 3.05) is 19.8 Å². The molecule has 1 rings (SSSR count). The molecule has 1 aromatic carbocycles. The molecule has 0 aliphatic carbocycles. The molecule has 1 aromatic rings. The molecule has 1 N–H and O–H groups in total. The molecule has 4 nitrogen and oxygen atoms in total. The minimum Gasteiger partial charge on any atom is -0.490 e. The first-order valence-corrected chi connectivity index (χ1v) is 7.01. The van der Waals surface area contributed by atoms with E-state index in [9.17, 15) is 4.79 Å². The molecular formula is C16H23NO3. The van der Waals surface area contributed by atoms with Crippen molar-refractivity contribution in [3.63, 3.8) is 0 Å². The summed E-state index contributed by atoms with van der Waals surface area (Å²) >= 11 is 0. The van der Waals surface area contributed by atoms with E-state index in [4.69, 9.17) is 9.47 Å². The fourth-order valence-electron chi connectivity index (χ4n) is 1.57. The normalized spacial score (nSPS) is 9.90. The van der Waals surface area contributed by atoms with E-state index >= 15 is 0 Å². The standard InChI is InChI=1S/C16H23NO3/c1-4-9-17-16(18)13-7-8-14(19-10-5-2)15(12-13)20-11-6-3/h4,7-8,12H,1,5-6,9-11H2,2-3H3,(H,17,18). The van der Waals surface area contributed by atoms with E-state index in [0.29, 0.717) is 36.8 Å². The maximum atomic E-state index is 11.9. The lowest BCUT2D eigenvalue weighted by molar-refractivity contribution is 0.0957. The van der Waals surface area contributed by atoms with Crippen LogP contribution in [0, 0.1) is 0 Å². The number of hydrogen-bond acceptors (Lipinski definition) is 3. The molecule has 0 aromatic heterocycles. The Labute approximate surface area is 120 Å². The van der Waals surface area contributed by atoms with Gasteiger partial charge in [-0.15, -0.1) is 6.58 Å². The molecule has 110 valence electrons. The highest BCUT2D eigenvalue weighted by Crippen LogP contribution is 2.28. The molecule has 0 bridgehead atoms. The number of amides is 1. The van der Waals surface area contributed by atoms with Crippen LogP contribution in [-0.4, -0.2) is 25.7 Å². The Bertz CT molecular complexity index is 443. The Kier molecular flexibility index (Phi) is 7.25. The van der Waals surface area contributed by atoms with Crippen molar-refractivity contribution < 1.29 is 14.3 Å². The van der Waals surface area contributed by atoms with E-state index in [1.165, 1.54) is 0 Å². The SMILES string of the molecule is C=CCNC(=O)c1ccc(OCCC)c(OCCC)c1. The average molecular weight is 277 g/mol. The second-order valence-corrected chi connectivity index (χ2v) is 4.36. The van der Waals surface area contributed by atoms with Crippen LogP contribution in [0.3, 0.4) is 0 Å². The third-order valence-corrected chi connectivity index (χ3v) is 2.54. The Morgan fingerprint density at radius 3 is 2.45 bits per heavy atom. The third-order valence-electron chi connectivity index (χ3n) is 2.54. The predicted octanol–water partition coefficient (Wildman–Crippen LogP) is 3.18. The Hall–Kier alpha value is -1.97. The van der Waals surface area contributed by atoms with Crippen molar-refractivity contribution in [2.24, 2.45) is 0 Å². The van der Waals surface area contributed by atoms with E-state index in [0.717, 1.165) is 12.8 Å². The molecule has 0 saturated carbocycles. The highest BCUT2D eigenvalue weighted by atomic mass is 16.5. The zero-order valence-corrected chi connectivity index (χ0v) is 12.3. The van der Waals surface area contributed by atoms with E-state index in [1.54, 1.807) is 24.3 Å². The molecule has 1 amide bonds. The van der Waals surface area contributed by atoms with Crippen LogP contribution in [0.2, 0.25) is 0 Å². The average Bonchev–Trinajstić information content (AvgIpc) is 2.48. The molecule has 0 aliphatic rings. The van der Waals surface area contributed by atoms with Gasteiger partial charge in [0.25, 0.3) is 5.91 Å². The minimum absolute atomic E-state index is 0.145.